The largest absolute Gasteiger partial charge is 0.477 e. The lowest BCUT2D eigenvalue weighted by Crippen LogP contribution is -2.15. The first kappa shape index (κ1) is 13.4. The van der Waals surface area contributed by atoms with E-state index in [0.29, 0.717) is 11.5 Å². The molecule has 0 spiro atoms. The van der Waals surface area contributed by atoms with Crippen LogP contribution in [0.2, 0.25) is 0 Å². The topological polar surface area (TPSA) is 98.3 Å². The third-order valence-electron chi connectivity index (χ3n) is 2.47. The van der Waals surface area contributed by atoms with Gasteiger partial charge in [-0.05, 0) is 13.3 Å². The van der Waals surface area contributed by atoms with E-state index in [-0.39, 0.29) is 17.5 Å². The Morgan fingerprint density at radius 2 is 2.18 bits per heavy atom. The molecule has 17 heavy (non-hydrogen) atoms. The summed E-state index contributed by atoms with van der Waals surface area (Å²) in [6.45, 7) is 3.62. The molecule has 1 aromatic heterocycles. The molecule has 0 aliphatic rings. The number of hydrogen-bond donors (Lipinski definition) is 2. The highest BCUT2D eigenvalue weighted by Gasteiger charge is 2.20. The molecule has 0 radical (unpaired) electrons. The van der Waals surface area contributed by atoms with E-state index in [1.807, 2.05) is 6.92 Å². The van der Waals surface area contributed by atoms with Gasteiger partial charge in [0.05, 0.1) is 5.69 Å². The van der Waals surface area contributed by atoms with Gasteiger partial charge < -0.3 is 15.6 Å². The second-order valence-corrected chi connectivity index (χ2v) is 3.75. The zero-order valence-electron chi connectivity index (χ0n) is 10.2. The van der Waals surface area contributed by atoms with Gasteiger partial charge in [0, 0.05) is 7.11 Å². The Labute approximate surface area is 99.8 Å². The minimum absolute atomic E-state index is 0.0156. The second kappa shape index (κ2) is 5.58. The van der Waals surface area contributed by atoms with E-state index in [1.54, 1.807) is 14.0 Å². The molecule has 1 aromatic rings. The van der Waals surface area contributed by atoms with Crippen molar-refractivity contribution in [2.24, 2.45) is 0 Å². The van der Waals surface area contributed by atoms with Crippen molar-refractivity contribution in [3.05, 3.63) is 17.1 Å². The van der Waals surface area contributed by atoms with Gasteiger partial charge in [-0.2, -0.15) is 0 Å². The summed E-state index contributed by atoms with van der Waals surface area (Å²) < 4.78 is 5.26. The zero-order chi connectivity index (χ0) is 13.0. The number of carboxylic acid groups (broad SMARTS) is 1. The third kappa shape index (κ3) is 2.91. The predicted octanol–water partition coefficient (Wildman–Crippen LogP) is 1.55. The Bertz CT molecular complexity index is 397. The summed E-state index contributed by atoms with van der Waals surface area (Å²) in [5.41, 5.74) is 5.94. The number of aryl methyl sites for hydroxylation is 1. The lowest BCUT2D eigenvalue weighted by molar-refractivity contribution is 0.0693. The van der Waals surface area contributed by atoms with Gasteiger partial charge in [0.15, 0.2) is 5.82 Å². The van der Waals surface area contributed by atoms with Crippen LogP contribution in [0.4, 0.5) is 5.82 Å². The first-order valence-electron chi connectivity index (χ1n) is 5.41. The lowest BCUT2D eigenvalue weighted by atomic mass is 10.1. The number of nitrogens with zero attached hydrogens (tertiary/aromatic N) is 2. The van der Waals surface area contributed by atoms with Crippen LogP contribution in [0.1, 0.15) is 47.7 Å². The summed E-state index contributed by atoms with van der Waals surface area (Å²) >= 11 is 0. The van der Waals surface area contributed by atoms with Crippen molar-refractivity contribution in [1.82, 2.24) is 9.97 Å². The van der Waals surface area contributed by atoms with E-state index in [4.69, 9.17) is 15.6 Å². The number of methoxy groups -OCH3 is 1. The zero-order valence-corrected chi connectivity index (χ0v) is 10.2. The Morgan fingerprint density at radius 1 is 1.53 bits per heavy atom. The summed E-state index contributed by atoms with van der Waals surface area (Å²) in [7, 11) is 1.57. The number of aromatic nitrogens is 2. The number of carbonyl (C=O) groups is 1. The molecule has 0 bridgehead atoms. The summed E-state index contributed by atoms with van der Waals surface area (Å²) in [6, 6.07) is 0. The molecule has 0 saturated carbocycles. The second-order valence-electron chi connectivity index (χ2n) is 3.75. The number of carboxylic acids is 1. The highest BCUT2D eigenvalue weighted by molar-refractivity contribution is 5.93. The standard InChI is InChI=1S/C11H17N3O3/c1-4-5-7(17-3)10-13-6(2)8(11(15)16)9(12)14-10/h7H,4-5H2,1-3H3,(H,15,16)(H2,12,13,14). The van der Waals surface area contributed by atoms with E-state index in [2.05, 4.69) is 9.97 Å². The smallest absolute Gasteiger partial charge is 0.341 e. The van der Waals surface area contributed by atoms with Crippen molar-refractivity contribution in [3.63, 3.8) is 0 Å². The molecule has 6 nitrogen and oxygen atoms in total. The van der Waals surface area contributed by atoms with Crippen molar-refractivity contribution < 1.29 is 14.6 Å². The predicted molar refractivity (Wildman–Crippen MR) is 62.8 cm³/mol. The summed E-state index contributed by atoms with van der Waals surface area (Å²) in [4.78, 5) is 19.1. The number of nitrogen functional groups attached to an aromatic ring is 1. The summed E-state index contributed by atoms with van der Waals surface area (Å²) in [5.74, 6) is -0.691. The van der Waals surface area contributed by atoms with Crippen molar-refractivity contribution >= 4 is 11.8 Å². The molecule has 6 heteroatoms. The van der Waals surface area contributed by atoms with Gasteiger partial charge in [-0.25, -0.2) is 14.8 Å². The van der Waals surface area contributed by atoms with E-state index in [0.717, 1.165) is 12.8 Å². The van der Waals surface area contributed by atoms with Crippen LogP contribution in [-0.2, 0) is 4.74 Å². The minimum atomic E-state index is -1.11. The average Bonchev–Trinajstić information content (AvgIpc) is 2.24. The van der Waals surface area contributed by atoms with Gasteiger partial charge in [-0.3, -0.25) is 0 Å². The fourth-order valence-electron chi connectivity index (χ4n) is 1.64. The van der Waals surface area contributed by atoms with Crippen molar-refractivity contribution in [1.29, 1.82) is 0 Å². The molecule has 1 unspecified atom stereocenters. The van der Waals surface area contributed by atoms with Crippen molar-refractivity contribution in [2.75, 3.05) is 12.8 Å². The number of rotatable bonds is 5. The maximum atomic E-state index is 10.9. The molecule has 0 aromatic carbocycles. The monoisotopic (exact) mass is 239 g/mol. The van der Waals surface area contributed by atoms with Crippen LogP contribution in [-0.4, -0.2) is 28.2 Å². The number of anilines is 1. The molecule has 0 amide bonds. The molecular weight excluding hydrogens is 222 g/mol. The number of hydrogen-bond acceptors (Lipinski definition) is 5. The van der Waals surface area contributed by atoms with Crippen LogP contribution < -0.4 is 5.73 Å². The number of aromatic carboxylic acids is 1. The molecule has 1 heterocycles. The summed E-state index contributed by atoms with van der Waals surface area (Å²) in [6.07, 6.45) is 1.44. The van der Waals surface area contributed by atoms with Crippen molar-refractivity contribution in [2.45, 2.75) is 32.8 Å². The Balaban J connectivity index is 3.17. The Hall–Kier alpha value is -1.69. The van der Waals surface area contributed by atoms with Gasteiger partial charge >= 0.3 is 5.97 Å². The fourth-order valence-corrected chi connectivity index (χ4v) is 1.64. The maximum absolute atomic E-state index is 10.9. The Kier molecular flexibility index (Phi) is 4.39. The normalized spacial score (nSPS) is 12.4. The van der Waals surface area contributed by atoms with Crippen LogP contribution >= 0.6 is 0 Å². The average molecular weight is 239 g/mol. The molecule has 1 atom stereocenters. The van der Waals surface area contributed by atoms with Crippen LogP contribution in [0.25, 0.3) is 0 Å². The van der Waals surface area contributed by atoms with Crippen LogP contribution in [0.5, 0.6) is 0 Å². The van der Waals surface area contributed by atoms with E-state index in [9.17, 15) is 4.79 Å². The quantitative estimate of drug-likeness (QED) is 0.808. The van der Waals surface area contributed by atoms with Crippen molar-refractivity contribution in [3.8, 4) is 0 Å². The molecule has 0 fully saturated rings. The van der Waals surface area contributed by atoms with E-state index < -0.39 is 5.97 Å². The highest BCUT2D eigenvalue weighted by Crippen LogP contribution is 2.22. The van der Waals surface area contributed by atoms with Crippen LogP contribution in [0.15, 0.2) is 0 Å². The third-order valence-corrected chi connectivity index (χ3v) is 2.47. The molecule has 0 aliphatic heterocycles. The molecule has 1 rings (SSSR count). The molecule has 3 N–H and O–H groups in total. The first-order chi connectivity index (χ1) is 8.01. The fraction of sp³-hybridized carbons (Fsp3) is 0.545. The maximum Gasteiger partial charge on any atom is 0.341 e. The minimum Gasteiger partial charge on any atom is -0.477 e. The molecule has 0 saturated heterocycles. The molecule has 94 valence electrons. The molecule has 0 aliphatic carbocycles. The number of nitrogens with two attached hydrogens (primary N) is 1. The van der Waals surface area contributed by atoms with Gasteiger partial charge in [0.1, 0.15) is 17.5 Å². The molecular formula is C11H17N3O3. The van der Waals surface area contributed by atoms with E-state index >= 15 is 0 Å². The van der Waals surface area contributed by atoms with Gasteiger partial charge in [-0.1, -0.05) is 13.3 Å². The van der Waals surface area contributed by atoms with Crippen LogP contribution in [0, 0.1) is 6.92 Å². The highest BCUT2D eigenvalue weighted by atomic mass is 16.5. The van der Waals surface area contributed by atoms with Crippen LogP contribution in [0.3, 0.4) is 0 Å². The van der Waals surface area contributed by atoms with Gasteiger partial charge in [0.2, 0.25) is 0 Å². The number of ether oxygens (including phenoxy) is 1. The van der Waals surface area contributed by atoms with Gasteiger partial charge in [0.25, 0.3) is 0 Å². The lowest BCUT2D eigenvalue weighted by Gasteiger charge is -2.14. The van der Waals surface area contributed by atoms with Gasteiger partial charge in [-0.15, -0.1) is 0 Å². The first-order valence-corrected chi connectivity index (χ1v) is 5.41. The Morgan fingerprint density at radius 3 is 2.59 bits per heavy atom. The van der Waals surface area contributed by atoms with E-state index in [1.165, 1.54) is 0 Å². The SMILES string of the molecule is CCCC(OC)c1nc(C)c(C(=O)O)c(N)n1. The summed E-state index contributed by atoms with van der Waals surface area (Å²) in [5, 5.41) is 8.95.